The van der Waals surface area contributed by atoms with E-state index in [0.29, 0.717) is 17.5 Å². The quantitative estimate of drug-likeness (QED) is 0.214. The van der Waals surface area contributed by atoms with Gasteiger partial charge in [0, 0.05) is 38.3 Å². The number of aromatic nitrogens is 3. The third-order valence-electron chi connectivity index (χ3n) is 9.12. The van der Waals surface area contributed by atoms with Crippen LogP contribution in [0, 0.1) is 0 Å². The first-order chi connectivity index (χ1) is 21.6. The Bertz CT molecular complexity index is 2350. The van der Waals surface area contributed by atoms with Crippen LogP contribution in [0.15, 0.2) is 132 Å². The highest BCUT2D eigenvalue weighted by Gasteiger charge is 2.36. The van der Waals surface area contributed by atoms with Crippen LogP contribution >= 0.6 is 0 Å². The highest BCUT2D eigenvalue weighted by Crippen LogP contribution is 2.52. The van der Waals surface area contributed by atoms with E-state index in [0.717, 1.165) is 38.6 Å². The van der Waals surface area contributed by atoms with E-state index in [1.807, 2.05) is 66.7 Å². The second-order valence-corrected chi connectivity index (χ2v) is 12.1. The second-order valence-electron chi connectivity index (χ2n) is 12.1. The van der Waals surface area contributed by atoms with E-state index < -0.39 is 0 Å². The van der Waals surface area contributed by atoms with Crippen molar-refractivity contribution in [1.82, 2.24) is 15.0 Å². The van der Waals surface area contributed by atoms with Crippen LogP contribution in [0.2, 0.25) is 0 Å². The first-order valence-corrected chi connectivity index (χ1v) is 15.0. The molecule has 6 aromatic carbocycles. The number of fused-ring (bicyclic) bond motifs is 9. The molecule has 0 bridgehead atoms. The molecule has 1 aliphatic rings. The summed E-state index contributed by atoms with van der Waals surface area (Å²) in [5.41, 5.74) is 9.78. The average molecular weight is 566 g/mol. The van der Waals surface area contributed by atoms with E-state index in [2.05, 4.69) is 74.5 Å². The van der Waals surface area contributed by atoms with Crippen molar-refractivity contribution in [2.24, 2.45) is 0 Å². The number of rotatable bonds is 3. The molecule has 44 heavy (non-hydrogen) atoms. The molecule has 0 amide bonds. The summed E-state index contributed by atoms with van der Waals surface area (Å²) in [6.45, 7) is 4.63. The van der Waals surface area contributed by atoms with Gasteiger partial charge >= 0.3 is 0 Å². The van der Waals surface area contributed by atoms with Gasteiger partial charge in [-0.15, -0.1) is 0 Å². The molecule has 0 atom stereocenters. The molecule has 2 heterocycles. The maximum Gasteiger partial charge on any atom is 0.164 e. The SMILES string of the molecule is CC1(C)c2ccccc2-c2c1ccc1ccc3c4cc(-c5nc(-c6ccccc6)nc(-c6ccccc6)n5)ccc4oc3c21. The number of benzene rings is 6. The van der Waals surface area contributed by atoms with Gasteiger partial charge in [0.05, 0.1) is 0 Å². The topological polar surface area (TPSA) is 51.8 Å². The van der Waals surface area contributed by atoms with Crippen molar-refractivity contribution < 1.29 is 4.42 Å². The molecule has 4 heteroatoms. The van der Waals surface area contributed by atoms with Gasteiger partial charge in [-0.1, -0.05) is 117 Å². The molecule has 0 spiro atoms. The van der Waals surface area contributed by atoms with E-state index in [9.17, 15) is 0 Å². The molecule has 0 N–H and O–H groups in total. The van der Waals surface area contributed by atoms with Gasteiger partial charge in [-0.3, -0.25) is 0 Å². The van der Waals surface area contributed by atoms with E-state index in [1.54, 1.807) is 0 Å². The van der Waals surface area contributed by atoms with E-state index in [-0.39, 0.29) is 5.41 Å². The van der Waals surface area contributed by atoms with Crippen LogP contribution in [0.4, 0.5) is 0 Å². The maximum absolute atomic E-state index is 6.70. The first-order valence-electron chi connectivity index (χ1n) is 15.0. The Labute approximate surface area is 254 Å². The van der Waals surface area contributed by atoms with Crippen LogP contribution in [-0.4, -0.2) is 15.0 Å². The minimum Gasteiger partial charge on any atom is -0.455 e. The third-order valence-corrected chi connectivity index (χ3v) is 9.12. The summed E-state index contributed by atoms with van der Waals surface area (Å²) in [7, 11) is 0. The molecule has 0 aliphatic heterocycles. The Morgan fingerprint density at radius 2 is 1.14 bits per heavy atom. The van der Waals surface area contributed by atoms with E-state index in [1.165, 1.54) is 33.0 Å². The predicted octanol–water partition coefficient (Wildman–Crippen LogP) is 10.2. The van der Waals surface area contributed by atoms with Crippen molar-refractivity contribution in [2.75, 3.05) is 0 Å². The minimum absolute atomic E-state index is 0.0763. The van der Waals surface area contributed by atoms with Gasteiger partial charge in [-0.25, -0.2) is 15.0 Å². The largest absolute Gasteiger partial charge is 0.455 e. The number of furan rings is 1. The Kier molecular flexibility index (Phi) is 5.21. The maximum atomic E-state index is 6.70. The zero-order chi connectivity index (χ0) is 29.4. The van der Waals surface area contributed by atoms with Gasteiger partial charge in [-0.05, 0) is 51.9 Å². The van der Waals surface area contributed by atoms with Gasteiger partial charge in [0.25, 0.3) is 0 Å². The van der Waals surface area contributed by atoms with Crippen molar-refractivity contribution in [1.29, 1.82) is 0 Å². The van der Waals surface area contributed by atoms with Crippen LogP contribution in [-0.2, 0) is 5.41 Å². The van der Waals surface area contributed by atoms with Crippen LogP contribution < -0.4 is 0 Å². The predicted molar refractivity (Wildman–Crippen MR) is 178 cm³/mol. The Morgan fingerprint density at radius 3 is 1.84 bits per heavy atom. The smallest absolute Gasteiger partial charge is 0.164 e. The minimum atomic E-state index is -0.0763. The first kappa shape index (κ1) is 24.9. The highest BCUT2D eigenvalue weighted by molar-refractivity contribution is 6.20. The molecule has 0 saturated heterocycles. The molecule has 0 radical (unpaired) electrons. The molecule has 4 nitrogen and oxygen atoms in total. The van der Waals surface area contributed by atoms with Gasteiger partial charge in [-0.2, -0.15) is 0 Å². The normalized spacial score (nSPS) is 13.4. The Morgan fingerprint density at radius 1 is 0.523 bits per heavy atom. The number of nitrogens with zero attached hydrogens (tertiary/aromatic N) is 3. The second kappa shape index (κ2) is 9.19. The zero-order valence-electron chi connectivity index (χ0n) is 24.4. The lowest BCUT2D eigenvalue weighted by atomic mass is 9.82. The summed E-state index contributed by atoms with van der Waals surface area (Å²) in [5.74, 6) is 1.93. The molecular weight excluding hydrogens is 538 g/mol. The van der Waals surface area contributed by atoms with Crippen molar-refractivity contribution in [2.45, 2.75) is 19.3 Å². The van der Waals surface area contributed by atoms with Crippen molar-refractivity contribution >= 4 is 32.7 Å². The van der Waals surface area contributed by atoms with E-state index >= 15 is 0 Å². The Hall–Kier alpha value is -5.61. The van der Waals surface area contributed by atoms with Gasteiger partial charge in [0.1, 0.15) is 11.2 Å². The Balaban J connectivity index is 1.28. The molecule has 9 rings (SSSR count). The lowest BCUT2D eigenvalue weighted by molar-refractivity contribution is 0.660. The fraction of sp³-hybridized carbons (Fsp3) is 0.0750. The molecular formula is C40H27N3O. The summed E-state index contributed by atoms with van der Waals surface area (Å²) >= 11 is 0. The molecule has 8 aromatic rings. The molecule has 1 aliphatic carbocycles. The lowest BCUT2D eigenvalue weighted by Gasteiger charge is -2.21. The van der Waals surface area contributed by atoms with Crippen LogP contribution in [0.25, 0.3) is 78.0 Å². The van der Waals surface area contributed by atoms with Gasteiger partial charge in [0.15, 0.2) is 17.5 Å². The summed E-state index contributed by atoms with van der Waals surface area (Å²) < 4.78 is 6.70. The van der Waals surface area contributed by atoms with Crippen molar-refractivity contribution in [3.63, 3.8) is 0 Å². The van der Waals surface area contributed by atoms with E-state index in [4.69, 9.17) is 19.4 Å². The molecule has 0 saturated carbocycles. The van der Waals surface area contributed by atoms with Gasteiger partial charge in [0.2, 0.25) is 0 Å². The summed E-state index contributed by atoms with van der Waals surface area (Å²) in [6, 6.07) is 44.1. The summed E-state index contributed by atoms with van der Waals surface area (Å²) in [6.07, 6.45) is 0. The fourth-order valence-corrected chi connectivity index (χ4v) is 6.91. The molecule has 208 valence electrons. The van der Waals surface area contributed by atoms with Crippen LogP contribution in [0.3, 0.4) is 0 Å². The highest BCUT2D eigenvalue weighted by atomic mass is 16.3. The lowest BCUT2D eigenvalue weighted by Crippen LogP contribution is -2.14. The third kappa shape index (κ3) is 3.61. The fourth-order valence-electron chi connectivity index (χ4n) is 6.91. The van der Waals surface area contributed by atoms with Crippen LogP contribution in [0.1, 0.15) is 25.0 Å². The average Bonchev–Trinajstić information content (AvgIpc) is 3.57. The van der Waals surface area contributed by atoms with Gasteiger partial charge < -0.3 is 4.42 Å². The standard InChI is InChI=1S/C40H27N3O/c1-40(2)31-16-10-9-15-29(31)35-32(40)21-18-24-17-20-28-30-23-27(19-22-33(30)44-36(28)34(24)35)39-42-37(25-11-5-3-6-12-25)41-38(43-39)26-13-7-4-8-14-26/h3-23H,1-2H3. The molecule has 0 fully saturated rings. The number of hydrogen-bond acceptors (Lipinski definition) is 4. The summed E-state index contributed by atoms with van der Waals surface area (Å²) in [4.78, 5) is 14.8. The zero-order valence-corrected chi connectivity index (χ0v) is 24.4. The van der Waals surface area contributed by atoms with Crippen molar-refractivity contribution in [3.05, 3.63) is 139 Å². The number of hydrogen-bond donors (Lipinski definition) is 0. The summed E-state index contributed by atoms with van der Waals surface area (Å²) in [5, 5.41) is 4.49. The van der Waals surface area contributed by atoms with Crippen LogP contribution in [0.5, 0.6) is 0 Å². The molecule has 0 unspecified atom stereocenters. The van der Waals surface area contributed by atoms with Crippen molar-refractivity contribution in [3.8, 4) is 45.3 Å². The monoisotopic (exact) mass is 565 g/mol. The molecule has 2 aromatic heterocycles.